The first kappa shape index (κ1) is 20.4. The zero-order valence-electron chi connectivity index (χ0n) is 15.9. The molecule has 2 aromatic carbocycles. The van der Waals surface area contributed by atoms with Crippen molar-refractivity contribution in [1.82, 2.24) is 9.29 Å². The highest BCUT2D eigenvalue weighted by Crippen LogP contribution is 2.25. The number of carbonyl (C=O) groups is 1. The van der Waals surface area contributed by atoms with Crippen LogP contribution in [0.5, 0.6) is 0 Å². The van der Waals surface area contributed by atoms with Gasteiger partial charge in [0, 0.05) is 19.5 Å². The number of amides is 1. The summed E-state index contributed by atoms with van der Waals surface area (Å²) >= 11 is 1.44. The number of hydrogen-bond donors (Lipinski definition) is 1. The van der Waals surface area contributed by atoms with E-state index in [-0.39, 0.29) is 10.8 Å². The molecule has 0 aliphatic rings. The van der Waals surface area contributed by atoms with E-state index < -0.39 is 10.0 Å². The summed E-state index contributed by atoms with van der Waals surface area (Å²) in [7, 11) is -3.46. The molecule has 6 nitrogen and oxygen atoms in total. The van der Waals surface area contributed by atoms with Crippen LogP contribution < -0.4 is 5.32 Å². The number of nitrogens with one attached hydrogen (secondary N) is 1. The Morgan fingerprint density at radius 1 is 1.07 bits per heavy atom. The molecule has 0 atom stereocenters. The van der Waals surface area contributed by atoms with E-state index in [0.717, 1.165) is 15.8 Å². The van der Waals surface area contributed by atoms with Gasteiger partial charge in [0.2, 0.25) is 15.9 Å². The molecule has 0 bridgehead atoms. The Kier molecular flexibility index (Phi) is 6.43. The number of carbonyl (C=O) groups excluding carboxylic acids is 1. The van der Waals surface area contributed by atoms with Gasteiger partial charge in [0.05, 0.1) is 15.1 Å². The van der Waals surface area contributed by atoms with E-state index in [1.54, 1.807) is 24.3 Å². The molecule has 0 radical (unpaired) electrons. The van der Waals surface area contributed by atoms with Crippen LogP contribution in [-0.2, 0) is 21.2 Å². The minimum atomic E-state index is -3.46. The maximum Gasteiger partial charge on any atom is 0.243 e. The second-order valence-corrected chi connectivity index (χ2v) is 9.24. The monoisotopic (exact) mass is 417 g/mol. The fraction of sp³-hybridized carbons (Fsp3) is 0.300. The van der Waals surface area contributed by atoms with Gasteiger partial charge in [-0.25, -0.2) is 13.4 Å². The topological polar surface area (TPSA) is 79.4 Å². The van der Waals surface area contributed by atoms with Gasteiger partial charge in [-0.15, -0.1) is 0 Å². The number of benzene rings is 2. The number of rotatable bonds is 8. The van der Waals surface area contributed by atoms with Crippen LogP contribution in [-0.4, -0.2) is 36.7 Å². The van der Waals surface area contributed by atoms with Gasteiger partial charge >= 0.3 is 0 Å². The lowest BCUT2D eigenvalue weighted by Gasteiger charge is -2.18. The van der Waals surface area contributed by atoms with Crippen molar-refractivity contribution in [2.24, 2.45) is 0 Å². The molecule has 3 aromatic rings. The summed E-state index contributed by atoms with van der Waals surface area (Å²) < 4.78 is 27.5. The molecule has 1 aromatic heterocycles. The SMILES string of the molecule is CCN(CC)S(=O)(=O)c1ccc(CCC(=O)Nc2nc3ccccc3s2)cc1. The number of fused-ring (bicyclic) bond motifs is 1. The Morgan fingerprint density at radius 2 is 1.75 bits per heavy atom. The normalized spacial score (nSPS) is 11.8. The molecule has 0 saturated carbocycles. The van der Waals surface area contributed by atoms with Crippen molar-refractivity contribution in [3.63, 3.8) is 0 Å². The zero-order valence-corrected chi connectivity index (χ0v) is 17.5. The Hall–Kier alpha value is -2.29. The molecule has 0 unspecified atom stereocenters. The van der Waals surface area contributed by atoms with Gasteiger partial charge < -0.3 is 5.32 Å². The molecule has 28 heavy (non-hydrogen) atoms. The summed E-state index contributed by atoms with van der Waals surface area (Å²) in [6, 6.07) is 14.5. The predicted octanol–water partition coefficient (Wildman–Crippen LogP) is 3.90. The fourth-order valence-electron chi connectivity index (χ4n) is 2.91. The lowest BCUT2D eigenvalue weighted by atomic mass is 10.1. The standard InChI is InChI=1S/C20H23N3O3S2/c1-3-23(4-2)28(25,26)16-12-9-15(10-13-16)11-14-19(24)22-20-21-17-7-5-6-8-18(17)27-20/h5-10,12-13H,3-4,11,14H2,1-2H3,(H,21,22,24). The maximum absolute atomic E-state index is 12.5. The third kappa shape index (κ3) is 4.57. The van der Waals surface area contributed by atoms with E-state index in [1.807, 2.05) is 38.1 Å². The van der Waals surface area contributed by atoms with Crippen LogP contribution in [0.25, 0.3) is 10.2 Å². The van der Waals surface area contributed by atoms with Gasteiger partial charge in [-0.3, -0.25) is 4.79 Å². The van der Waals surface area contributed by atoms with Crippen LogP contribution in [0.1, 0.15) is 25.8 Å². The van der Waals surface area contributed by atoms with E-state index in [9.17, 15) is 13.2 Å². The lowest BCUT2D eigenvalue weighted by Crippen LogP contribution is -2.30. The minimum Gasteiger partial charge on any atom is -0.302 e. The molecule has 3 rings (SSSR count). The Morgan fingerprint density at radius 3 is 2.39 bits per heavy atom. The molecule has 0 saturated heterocycles. The minimum absolute atomic E-state index is 0.112. The first-order valence-corrected chi connectivity index (χ1v) is 11.4. The largest absolute Gasteiger partial charge is 0.302 e. The van der Waals surface area contributed by atoms with Crippen LogP contribution in [0.3, 0.4) is 0 Å². The van der Waals surface area contributed by atoms with Gasteiger partial charge in [-0.2, -0.15) is 4.31 Å². The molecule has 0 spiro atoms. The van der Waals surface area contributed by atoms with Crippen molar-refractivity contribution in [3.8, 4) is 0 Å². The smallest absolute Gasteiger partial charge is 0.243 e. The molecule has 1 heterocycles. The van der Waals surface area contributed by atoms with E-state index in [0.29, 0.717) is 31.1 Å². The van der Waals surface area contributed by atoms with Crippen LogP contribution >= 0.6 is 11.3 Å². The third-order valence-corrected chi connectivity index (χ3v) is 7.46. The average Bonchev–Trinajstić information content (AvgIpc) is 3.09. The second kappa shape index (κ2) is 8.81. The number of para-hydroxylation sites is 1. The lowest BCUT2D eigenvalue weighted by molar-refractivity contribution is -0.116. The summed E-state index contributed by atoms with van der Waals surface area (Å²) in [4.78, 5) is 16.9. The molecule has 1 N–H and O–H groups in total. The van der Waals surface area contributed by atoms with Gasteiger partial charge in [0.15, 0.2) is 5.13 Å². The highest BCUT2D eigenvalue weighted by molar-refractivity contribution is 7.89. The summed E-state index contributed by atoms with van der Waals surface area (Å²) in [6.45, 7) is 4.51. The van der Waals surface area contributed by atoms with E-state index >= 15 is 0 Å². The Bertz CT molecular complexity index is 1020. The van der Waals surface area contributed by atoms with Crippen LogP contribution in [0, 0.1) is 0 Å². The number of hydrogen-bond acceptors (Lipinski definition) is 5. The first-order chi connectivity index (χ1) is 13.4. The van der Waals surface area contributed by atoms with Gasteiger partial charge in [-0.05, 0) is 36.2 Å². The molecule has 0 aliphatic heterocycles. The number of sulfonamides is 1. The summed E-state index contributed by atoms with van der Waals surface area (Å²) in [5.74, 6) is -0.112. The van der Waals surface area contributed by atoms with E-state index in [2.05, 4.69) is 10.3 Å². The number of aryl methyl sites for hydroxylation is 1. The van der Waals surface area contributed by atoms with Crippen molar-refractivity contribution in [1.29, 1.82) is 0 Å². The molecule has 0 fully saturated rings. The van der Waals surface area contributed by atoms with Crippen molar-refractivity contribution in [3.05, 3.63) is 54.1 Å². The van der Waals surface area contributed by atoms with Crippen LogP contribution in [0.15, 0.2) is 53.4 Å². The number of aromatic nitrogens is 1. The van der Waals surface area contributed by atoms with E-state index in [4.69, 9.17) is 0 Å². The predicted molar refractivity (Wildman–Crippen MR) is 113 cm³/mol. The summed E-state index contributed by atoms with van der Waals surface area (Å²) in [5.41, 5.74) is 1.78. The molecular weight excluding hydrogens is 394 g/mol. The van der Waals surface area contributed by atoms with Gasteiger partial charge in [0.1, 0.15) is 0 Å². The number of nitrogens with zero attached hydrogens (tertiary/aromatic N) is 2. The number of thiazole rings is 1. The Labute approximate surface area is 169 Å². The second-order valence-electron chi connectivity index (χ2n) is 6.27. The average molecular weight is 418 g/mol. The molecule has 1 amide bonds. The molecule has 8 heteroatoms. The number of anilines is 1. The highest BCUT2D eigenvalue weighted by atomic mass is 32.2. The van der Waals surface area contributed by atoms with E-state index in [1.165, 1.54) is 15.6 Å². The quantitative estimate of drug-likeness (QED) is 0.603. The zero-order chi connectivity index (χ0) is 20.1. The van der Waals surface area contributed by atoms with Gasteiger partial charge in [0.25, 0.3) is 0 Å². The van der Waals surface area contributed by atoms with Crippen molar-refractivity contribution >= 4 is 42.6 Å². The van der Waals surface area contributed by atoms with Crippen molar-refractivity contribution < 1.29 is 13.2 Å². The molecule has 148 valence electrons. The van der Waals surface area contributed by atoms with Crippen molar-refractivity contribution in [2.75, 3.05) is 18.4 Å². The highest BCUT2D eigenvalue weighted by Gasteiger charge is 2.21. The van der Waals surface area contributed by atoms with Crippen molar-refractivity contribution in [2.45, 2.75) is 31.6 Å². The first-order valence-electron chi connectivity index (χ1n) is 9.18. The van der Waals surface area contributed by atoms with Crippen LogP contribution in [0.4, 0.5) is 5.13 Å². The summed E-state index contributed by atoms with van der Waals surface area (Å²) in [6.07, 6.45) is 0.834. The summed E-state index contributed by atoms with van der Waals surface area (Å²) in [5, 5.41) is 3.42. The molecular formula is C20H23N3O3S2. The maximum atomic E-state index is 12.5. The van der Waals surface area contributed by atoms with Gasteiger partial charge in [-0.1, -0.05) is 49.4 Å². The fourth-order valence-corrected chi connectivity index (χ4v) is 5.25. The molecule has 0 aliphatic carbocycles. The Balaban J connectivity index is 1.59. The third-order valence-electron chi connectivity index (χ3n) is 4.45. The van der Waals surface area contributed by atoms with Crippen LogP contribution in [0.2, 0.25) is 0 Å².